The van der Waals surface area contributed by atoms with Crippen LogP contribution in [0.4, 0.5) is 0 Å². The van der Waals surface area contributed by atoms with Gasteiger partial charge in [-0.3, -0.25) is 9.79 Å². The van der Waals surface area contributed by atoms with Crippen LogP contribution in [0.15, 0.2) is 34.2 Å². The molecule has 0 spiro atoms. The van der Waals surface area contributed by atoms with Crippen LogP contribution in [0.5, 0.6) is 5.75 Å². The average molecular weight is 359 g/mol. The van der Waals surface area contributed by atoms with E-state index >= 15 is 0 Å². The summed E-state index contributed by atoms with van der Waals surface area (Å²) in [5, 5.41) is 3.63. The molecule has 1 aromatic rings. The highest BCUT2D eigenvalue weighted by Crippen LogP contribution is 2.29. The molecule has 25 heavy (non-hydrogen) atoms. The molecule has 2 aliphatic rings. The van der Waals surface area contributed by atoms with Gasteiger partial charge in [-0.2, -0.15) is 0 Å². The maximum Gasteiger partial charge on any atom is 0.264 e. The third kappa shape index (κ3) is 5.36. The highest BCUT2D eigenvalue weighted by Gasteiger charge is 2.25. The predicted molar refractivity (Wildman–Crippen MR) is 105 cm³/mol. The summed E-state index contributed by atoms with van der Waals surface area (Å²) < 4.78 is 5.72. The van der Waals surface area contributed by atoms with E-state index in [0.29, 0.717) is 10.9 Å². The summed E-state index contributed by atoms with van der Waals surface area (Å²) in [5.41, 5.74) is 1.00. The van der Waals surface area contributed by atoms with Crippen LogP contribution in [0.2, 0.25) is 0 Å². The second kappa shape index (κ2) is 9.09. The van der Waals surface area contributed by atoms with E-state index in [2.05, 4.69) is 17.2 Å². The summed E-state index contributed by atoms with van der Waals surface area (Å²) in [7, 11) is 0. The van der Waals surface area contributed by atoms with Gasteiger partial charge in [0.2, 0.25) is 0 Å². The van der Waals surface area contributed by atoms with Gasteiger partial charge in [0.15, 0.2) is 5.17 Å². The van der Waals surface area contributed by atoms with Gasteiger partial charge in [0, 0.05) is 0 Å². The zero-order valence-electron chi connectivity index (χ0n) is 14.8. The standard InChI is InChI=1S/C20H26N2O2S/c1-2-3-6-13-24-17-11-9-15(10-12-17)14-18-19(23)22-20(25-18)21-16-7-4-5-8-16/h9-12,14,16H,2-8,13H2,1H3,(H,21,22,23)/b18-14-. The van der Waals surface area contributed by atoms with Crippen molar-refractivity contribution in [1.82, 2.24) is 5.32 Å². The number of carbonyl (C=O) groups excluding carboxylic acids is 1. The first-order valence-corrected chi connectivity index (χ1v) is 10.1. The number of aliphatic imine (C=N–C) groups is 1. The molecule has 1 aromatic carbocycles. The Morgan fingerprint density at radius 1 is 1.24 bits per heavy atom. The first kappa shape index (κ1) is 18.1. The molecule has 0 atom stereocenters. The Kier molecular flexibility index (Phi) is 6.56. The summed E-state index contributed by atoms with van der Waals surface area (Å²) in [6, 6.07) is 8.28. The number of carbonyl (C=O) groups is 1. The summed E-state index contributed by atoms with van der Waals surface area (Å²) in [6.45, 7) is 2.94. The quantitative estimate of drug-likeness (QED) is 0.565. The van der Waals surface area contributed by atoms with Crippen molar-refractivity contribution in [3.63, 3.8) is 0 Å². The van der Waals surface area contributed by atoms with Crippen LogP contribution in [0.3, 0.4) is 0 Å². The molecule has 2 fully saturated rings. The smallest absolute Gasteiger partial charge is 0.264 e. The molecule has 1 aliphatic carbocycles. The number of rotatable bonds is 7. The molecule has 0 unspecified atom stereocenters. The molecule has 1 saturated carbocycles. The van der Waals surface area contributed by atoms with Gasteiger partial charge in [0.1, 0.15) is 5.75 Å². The maximum atomic E-state index is 12.1. The van der Waals surface area contributed by atoms with Gasteiger partial charge in [-0.25, -0.2) is 0 Å². The van der Waals surface area contributed by atoms with Crippen LogP contribution in [0, 0.1) is 0 Å². The third-order valence-corrected chi connectivity index (χ3v) is 5.39. The van der Waals surface area contributed by atoms with Gasteiger partial charge in [-0.05, 0) is 54.8 Å². The van der Waals surface area contributed by atoms with Crippen molar-refractivity contribution in [2.24, 2.45) is 4.99 Å². The van der Waals surface area contributed by atoms with E-state index in [1.807, 2.05) is 30.3 Å². The fourth-order valence-electron chi connectivity index (χ4n) is 3.04. The normalized spacial score (nSPS) is 21.2. The van der Waals surface area contributed by atoms with Gasteiger partial charge >= 0.3 is 0 Å². The van der Waals surface area contributed by atoms with Crippen molar-refractivity contribution in [3.8, 4) is 5.75 Å². The number of unbranched alkanes of at least 4 members (excludes halogenated alkanes) is 2. The second-order valence-corrected chi connectivity index (χ2v) is 7.59. The number of benzene rings is 1. The zero-order chi connectivity index (χ0) is 17.5. The minimum Gasteiger partial charge on any atom is -0.494 e. The molecule has 4 nitrogen and oxygen atoms in total. The molecule has 0 aromatic heterocycles. The van der Waals surface area contributed by atoms with Gasteiger partial charge in [0.05, 0.1) is 17.6 Å². The SMILES string of the molecule is CCCCCOc1ccc(/C=C2\SC(=NC3CCCC3)NC2=O)cc1. The lowest BCUT2D eigenvalue weighted by Gasteiger charge is -2.05. The molecule has 1 amide bonds. The lowest BCUT2D eigenvalue weighted by molar-refractivity contribution is -0.115. The highest BCUT2D eigenvalue weighted by atomic mass is 32.2. The topological polar surface area (TPSA) is 50.7 Å². The van der Waals surface area contributed by atoms with Crippen LogP contribution < -0.4 is 10.1 Å². The maximum absolute atomic E-state index is 12.1. The number of thioether (sulfide) groups is 1. The number of hydrogen-bond donors (Lipinski definition) is 1. The van der Waals surface area contributed by atoms with Gasteiger partial charge in [-0.15, -0.1) is 0 Å². The van der Waals surface area contributed by atoms with Crippen LogP contribution >= 0.6 is 11.8 Å². The molecule has 0 radical (unpaired) electrons. The number of hydrogen-bond acceptors (Lipinski definition) is 4. The van der Waals surface area contributed by atoms with Gasteiger partial charge < -0.3 is 10.1 Å². The van der Waals surface area contributed by atoms with E-state index in [9.17, 15) is 4.79 Å². The van der Waals surface area contributed by atoms with Gasteiger partial charge in [0.25, 0.3) is 5.91 Å². The monoisotopic (exact) mass is 358 g/mol. The molecule has 134 valence electrons. The molecular formula is C20H26N2O2S. The molecule has 1 heterocycles. The fourth-order valence-corrected chi connectivity index (χ4v) is 3.93. The van der Waals surface area contributed by atoms with Gasteiger partial charge in [-0.1, -0.05) is 44.7 Å². The van der Waals surface area contributed by atoms with E-state index < -0.39 is 0 Å². The Hall–Kier alpha value is -1.75. The van der Waals surface area contributed by atoms with Crippen molar-refractivity contribution in [1.29, 1.82) is 0 Å². The fraction of sp³-hybridized carbons (Fsp3) is 0.500. The Morgan fingerprint density at radius 2 is 2.00 bits per heavy atom. The van der Waals surface area contributed by atoms with E-state index in [1.165, 1.54) is 37.4 Å². The van der Waals surface area contributed by atoms with Crippen LogP contribution in [-0.2, 0) is 4.79 Å². The van der Waals surface area contributed by atoms with Crippen molar-refractivity contribution in [2.45, 2.75) is 57.9 Å². The van der Waals surface area contributed by atoms with E-state index in [-0.39, 0.29) is 5.91 Å². The molecular weight excluding hydrogens is 332 g/mol. The van der Waals surface area contributed by atoms with Crippen LogP contribution in [-0.4, -0.2) is 23.7 Å². The average Bonchev–Trinajstić information content (AvgIpc) is 3.24. The first-order chi connectivity index (χ1) is 12.2. The number of nitrogens with zero attached hydrogens (tertiary/aromatic N) is 1. The van der Waals surface area contributed by atoms with Crippen molar-refractivity contribution in [2.75, 3.05) is 6.61 Å². The summed E-state index contributed by atoms with van der Waals surface area (Å²) in [6.07, 6.45) is 10.2. The Morgan fingerprint density at radius 3 is 2.72 bits per heavy atom. The molecule has 0 bridgehead atoms. The summed E-state index contributed by atoms with van der Waals surface area (Å²) >= 11 is 1.44. The molecule has 1 aliphatic heterocycles. The number of nitrogens with one attached hydrogen (secondary N) is 1. The predicted octanol–water partition coefficient (Wildman–Crippen LogP) is 4.76. The molecule has 1 saturated heterocycles. The largest absolute Gasteiger partial charge is 0.494 e. The second-order valence-electron chi connectivity index (χ2n) is 6.56. The minimum absolute atomic E-state index is 0.0540. The summed E-state index contributed by atoms with van der Waals surface area (Å²) in [4.78, 5) is 17.5. The van der Waals surface area contributed by atoms with Crippen LogP contribution in [0.1, 0.15) is 57.4 Å². The molecule has 1 N–H and O–H groups in total. The Balaban J connectivity index is 1.57. The molecule has 5 heteroatoms. The number of amidine groups is 1. The van der Waals surface area contributed by atoms with E-state index in [1.54, 1.807) is 0 Å². The lowest BCUT2D eigenvalue weighted by atomic mass is 10.2. The number of amides is 1. The zero-order valence-corrected chi connectivity index (χ0v) is 15.6. The van der Waals surface area contributed by atoms with Crippen molar-refractivity contribution >= 4 is 28.9 Å². The van der Waals surface area contributed by atoms with Crippen LogP contribution in [0.25, 0.3) is 6.08 Å². The first-order valence-electron chi connectivity index (χ1n) is 9.26. The van der Waals surface area contributed by atoms with Crippen molar-refractivity contribution in [3.05, 3.63) is 34.7 Å². The van der Waals surface area contributed by atoms with E-state index in [4.69, 9.17) is 4.74 Å². The Labute approximate surface area is 154 Å². The van der Waals surface area contributed by atoms with Crippen molar-refractivity contribution < 1.29 is 9.53 Å². The lowest BCUT2D eigenvalue weighted by Crippen LogP contribution is -2.21. The Bertz CT molecular complexity index is 646. The third-order valence-electron chi connectivity index (χ3n) is 4.47. The molecule has 3 rings (SSSR count). The summed E-state index contributed by atoms with van der Waals surface area (Å²) in [5.74, 6) is 0.826. The number of ether oxygens (including phenoxy) is 1. The van der Waals surface area contributed by atoms with E-state index in [0.717, 1.165) is 42.3 Å². The minimum atomic E-state index is -0.0540. The highest BCUT2D eigenvalue weighted by molar-refractivity contribution is 8.18.